The van der Waals surface area contributed by atoms with Gasteiger partial charge in [0.05, 0.1) is 9.50 Å². The fourth-order valence-electron chi connectivity index (χ4n) is 1.32. The normalized spacial score (nSPS) is 12.9. The first-order valence-electron chi connectivity index (χ1n) is 4.50. The number of aromatic hydroxyl groups is 1. The molecule has 3 N–H and O–H groups in total. The first-order chi connectivity index (χ1) is 6.57. The van der Waals surface area contributed by atoms with Crippen LogP contribution in [0.25, 0.3) is 0 Å². The molecule has 1 aromatic rings. The quantitative estimate of drug-likeness (QED) is 0.887. The SMILES string of the molecule is CCC[C@@H](N)c1ccc(Cl)c(Br)c1O. The topological polar surface area (TPSA) is 46.2 Å². The first kappa shape index (κ1) is 11.8. The van der Waals surface area contributed by atoms with Crippen molar-refractivity contribution in [3.63, 3.8) is 0 Å². The number of benzene rings is 1. The zero-order chi connectivity index (χ0) is 10.7. The zero-order valence-electron chi connectivity index (χ0n) is 7.93. The molecule has 1 atom stereocenters. The molecule has 2 nitrogen and oxygen atoms in total. The maximum atomic E-state index is 9.76. The van der Waals surface area contributed by atoms with Crippen LogP contribution in [-0.4, -0.2) is 5.11 Å². The van der Waals surface area contributed by atoms with Crippen molar-refractivity contribution in [1.29, 1.82) is 0 Å². The summed E-state index contributed by atoms with van der Waals surface area (Å²) in [5.41, 5.74) is 6.64. The second-order valence-corrected chi connectivity index (χ2v) is 4.39. The van der Waals surface area contributed by atoms with Crippen LogP contribution in [0.4, 0.5) is 0 Å². The molecule has 0 fully saturated rings. The Morgan fingerprint density at radius 1 is 1.57 bits per heavy atom. The number of halogens is 2. The van der Waals surface area contributed by atoms with Gasteiger partial charge in [-0.25, -0.2) is 0 Å². The molecule has 0 radical (unpaired) electrons. The predicted octanol–water partition coefficient (Wildman–Crippen LogP) is 3.61. The highest BCUT2D eigenvalue weighted by molar-refractivity contribution is 9.10. The molecule has 0 spiro atoms. The van der Waals surface area contributed by atoms with Crippen LogP contribution in [-0.2, 0) is 0 Å². The van der Waals surface area contributed by atoms with Crippen molar-refractivity contribution >= 4 is 27.5 Å². The van der Waals surface area contributed by atoms with E-state index in [2.05, 4.69) is 22.9 Å². The van der Waals surface area contributed by atoms with E-state index in [0.717, 1.165) is 18.4 Å². The Kier molecular flexibility index (Phi) is 4.23. The Labute approximate surface area is 97.2 Å². The van der Waals surface area contributed by atoms with Gasteiger partial charge in [0, 0.05) is 11.6 Å². The highest BCUT2D eigenvalue weighted by atomic mass is 79.9. The molecule has 78 valence electrons. The van der Waals surface area contributed by atoms with Crippen molar-refractivity contribution in [3.8, 4) is 5.75 Å². The van der Waals surface area contributed by atoms with Crippen LogP contribution < -0.4 is 5.73 Å². The highest BCUT2D eigenvalue weighted by Gasteiger charge is 2.14. The summed E-state index contributed by atoms with van der Waals surface area (Å²) in [6.07, 6.45) is 1.84. The van der Waals surface area contributed by atoms with Crippen molar-refractivity contribution in [2.45, 2.75) is 25.8 Å². The average Bonchev–Trinajstić information content (AvgIpc) is 2.15. The lowest BCUT2D eigenvalue weighted by Gasteiger charge is -2.14. The summed E-state index contributed by atoms with van der Waals surface area (Å²) >= 11 is 9.03. The molecule has 0 aliphatic heterocycles. The van der Waals surface area contributed by atoms with Gasteiger partial charge < -0.3 is 10.8 Å². The van der Waals surface area contributed by atoms with E-state index in [1.165, 1.54) is 0 Å². The number of nitrogens with two attached hydrogens (primary N) is 1. The predicted molar refractivity (Wildman–Crippen MR) is 62.7 cm³/mol. The lowest BCUT2D eigenvalue weighted by atomic mass is 10.0. The molecule has 0 heterocycles. The summed E-state index contributed by atoms with van der Waals surface area (Å²) in [7, 11) is 0. The van der Waals surface area contributed by atoms with Gasteiger partial charge in [0.15, 0.2) is 0 Å². The molecule has 0 amide bonds. The zero-order valence-corrected chi connectivity index (χ0v) is 10.3. The van der Waals surface area contributed by atoms with Crippen molar-refractivity contribution in [2.24, 2.45) is 5.73 Å². The molecule has 0 saturated carbocycles. The highest BCUT2D eigenvalue weighted by Crippen LogP contribution is 2.37. The summed E-state index contributed by atoms with van der Waals surface area (Å²) in [5, 5.41) is 10.3. The second kappa shape index (κ2) is 5.01. The third-order valence-corrected chi connectivity index (χ3v) is 3.45. The van der Waals surface area contributed by atoms with Crippen LogP contribution in [0.5, 0.6) is 5.75 Å². The van der Waals surface area contributed by atoms with Crippen LogP contribution in [0.3, 0.4) is 0 Å². The molecule has 0 unspecified atom stereocenters. The van der Waals surface area contributed by atoms with Gasteiger partial charge in [-0.2, -0.15) is 0 Å². The Hall–Kier alpha value is -0.250. The standard InChI is InChI=1S/C10H13BrClNO/c1-2-3-8(13)6-4-5-7(12)9(11)10(6)14/h4-5,8,14H,2-3,13H2,1H3/t8-/m1/s1. The molecule has 0 aliphatic carbocycles. The molecule has 1 rings (SSSR count). The maximum Gasteiger partial charge on any atom is 0.136 e. The third kappa shape index (κ3) is 2.41. The van der Waals surface area contributed by atoms with E-state index in [1.54, 1.807) is 12.1 Å². The van der Waals surface area contributed by atoms with Crippen LogP contribution >= 0.6 is 27.5 Å². The van der Waals surface area contributed by atoms with E-state index in [-0.39, 0.29) is 11.8 Å². The van der Waals surface area contributed by atoms with Crippen LogP contribution in [0, 0.1) is 0 Å². The molecule has 14 heavy (non-hydrogen) atoms. The van der Waals surface area contributed by atoms with Gasteiger partial charge in [0.1, 0.15) is 5.75 Å². The van der Waals surface area contributed by atoms with Gasteiger partial charge in [-0.1, -0.05) is 31.0 Å². The van der Waals surface area contributed by atoms with Crippen molar-refractivity contribution < 1.29 is 5.11 Å². The van der Waals surface area contributed by atoms with Crippen molar-refractivity contribution in [1.82, 2.24) is 0 Å². The van der Waals surface area contributed by atoms with Gasteiger partial charge in [-0.3, -0.25) is 0 Å². The Morgan fingerprint density at radius 2 is 2.21 bits per heavy atom. The van der Waals surface area contributed by atoms with Gasteiger partial charge in [0.25, 0.3) is 0 Å². The van der Waals surface area contributed by atoms with Gasteiger partial charge in [0.2, 0.25) is 0 Å². The summed E-state index contributed by atoms with van der Waals surface area (Å²) < 4.78 is 0.517. The minimum absolute atomic E-state index is 0.131. The van der Waals surface area contributed by atoms with Crippen LogP contribution in [0.1, 0.15) is 31.4 Å². The Morgan fingerprint density at radius 3 is 2.79 bits per heavy atom. The summed E-state index contributed by atoms with van der Waals surface area (Å²) in [5.74, 6) is 0.151. The number of phenolic OH excluding ortho intramolecular Hbond substituents is 1. The van der Waals surface area contributed by atoms with Crippen LogP contribution in [0.15, 0.2) is 16.6 Å². The monoisotopic (exact) mass is 277 g/mol. The van der Waals surface area contributed by atoms with E-state index in [4.69, 9.17) is 17.3 Å². The van der Waals surface area contributed by atoms with E-state index in [1.807, 2.05) is 0 Å². The van der Waals surface area contributed by atoms with E-state index in [9.17, 15) is 5.11 Å². The smallest absolute Gasteiger partial charge is 0.136 e. The summed E-state index contributed by atoms with van der Waals surface area (Å²) in [6.45, 7) is 2.06. The fraction of sp³-hybridized carbons (Fsp3) is 0.400. The average molecular weight is 279 g/mol. The van der Waals surface area contributed by atoms with E-state index >= 15 is 0 Å². The Bertz CT molecular complexity index is 330. The molecule has 1 aromatic carbocycles. The second-order valence-electron chi connectivity index (χ2n) is 3.19. The first-order valence-corrected chi connectivity index (χ1v) is 5.67. The van der Waals surface area contributed by atoms with Gasteiger partial charge in [-0.15, -0.1) is 0 Å². The van der Waals surface area contributed by atoms with Crippen molar-refractivity contribution in [3.05, 3.63) is 27.2 Å². The van der Waals surface area contributed by atoms with Crippen LogP contribution in [0.2, 0.25) is 5.02 Å². The van der Waals surface area contributed by atoms with Gasteiger partial charge >= 0.3 is 0 Å². The van der Waals surface area contributed by atoms with E-state index in [0.29, 0.717) is 9.50 Å². The molecular formula is C10H13BrClNO. The minimum atomic E-state index is -0.131. The number of hydrogen-bond donors (Lipinski definition) is 2. The maximum absolute atomic E-state index is 9.76. The lowest BCUT2D eigenvalue weighted by Crippen LogP contribution is -2.09. The largest absolute Gasteiger partial charge is 0.506 e. The Balaban J connectivity index is 3.04. The molecule has 0 aliphatic rings. The molecule has 0 aromatic heterocycles. The van der Waals surface area contributed by atoms with Crippen molar-refractivity contribution in [2.75, 3.05) is 0 Å². The number of rotatable bonds is 3. The molecule has 4 heteroatoms. The third-order valence-electron chi connectivity index (χ3n) is 2.10. The molecule has 0 saturated heterocycles. The summed E-state index contributed by atoms with van der Waals surface area (Å²) in [4.78, 5) is 0. The number of phenols is 1. The minimum Gasteiger partial charge on any atom is -0.506 e. The molecule has 0 bridgehead atoms. The number of hydrogen-bond acceptors (Lipinski definition) is 2. The summed E-state index contributed by atoms with van der Waals surface area (Å²) in [6, 6.07) is 3.37. The lowest BCUT2D eigenvalue weighted by molar-refractivity contribution is 0.455. The molecular weight excluding hydrogens is 265 g/mol. The van der Waals surface area contributed by atoms with Gasteiger partial charge in [-0.05, 0) is 28.4 Å². The fourth-order valence-corrected chi connectivity index (χ4v) is 1.83. The van der Waals surface area contributed by atoms with E-state index < -0.39 is 0 Å².